The zero-order valence-corrected chi connectivity index (χ0v) is 13.5. The molecule has 0 amide bonds. The van der Waals surface area contributed by atoms with Crippen LogP contribution in [-0.4, -0.2) is 35.4 Å². The standard InChI is InChI=1S/C18H20FNO5/c19-13-3-5-14(6-4-13)24-8-1-9-25-18(23)15(20)10-12-2-7-16(21)17(22)11-12/h2-7,11,15,21-22H,1,8-10,20H2/t15-/m0/s1. The van der Waals surface area contributed by atoms with E-state index in [1.165, 1.54) is 36.4 Å². The van der Waals surface area contributed by atoms with Crippen molar-refractivity contribution >= 4 is 5.97 Å². The largest absolute Gasteiger partial charge is 0.504 e. The van der Waals surface area contributed by atoms with Gasteiger partial charge in [0, 0.05) is 6.42 Å². The predicted octanol–water partition coefficient (Wildman–Crippen LogP) is 2.12. The summed E-state index contributed by atoms with van der Waals surface area (Å²) in [6.45, 7) is 0.467. The molecule has 0 radical (unpaired) electrons. The summed E-state index contributed by atoms with van der Waals surface area (Å²) >= 11 is 0. The first-order chi connectivity index (χ1) is 12.0. The molecule has 0 unspecified atom stereocenters. The smallest absolute Gasteiger partial charge is 0.323 e. The molecule has 0 heterocycles. The molecule has 2 aromatic carbocycles. The van der Waals surface area contributed by atoms with Crippen molar-refractivity contribution in [2.45, 2.75) is 18.9 Å². The molecule has 0 aromatic heterocycles. The van der Waals surface area contributed by atoms with E-state index in [1.54, 1.807) is 6.07 Å². The number of hydrogen-bond acceptors (Lipinski definition) is 6. The average molecular weight is 349 g/mol. The van der Waals surface area contributed by atoms with E-state index < -0.39 is 12.0 Å². The first-order valence-electron chi connectivity index (χ1n) is 7.77. The van der Waals surface area contributed by atoms with Crippen LogP contribution in [0.1, 0.15) is 12.0 Å². The second-order valence-corrected chi connectivity index (χ2v) is 5.46. The zero-order chi connectivity index (χ0) is 18.2. The summed E-state index contributed by atoms with van der Waals surface area (Å²) in [5.74, 6) is -0.861. The van der Waals surface area contributed by atoms with Crippen LogP contribution in [0.5, 0.6) is 17.2 Å². The normalized spacial score (nSPS) is 11.8. The molecule has 0 aliphatic rings. The van der Waals surface area contributed by atoms with Gasteiger partial charge in [0.05, 0.1) is 13.2 Å². The minimum atomic E-state index is -0.873. The van der Waals surface area contributed by atoms with Crippen molar-refractivity contribution in [1.82, 2.24) is 0 Å². The van der Waals surface area contributed by atoms with Gasteiger partial charge in [-0.1, -0.05) is 6.07 Å². The van der Waals surface area contributed by atoms with Gasteiger partial charge in [0.2, 0.25) is 0 Å². The Morgan fingerprint density at radius 1 is 1.08 bits per heavy atom. The molecule has 7 heteroatoms. The van der Waals surface area contributed by atoms with Crippen molar-refractivity contribution < 1.29 is 28.9 Å². The maximum Gasteiger partial charge on any atom is 0.323 e. The quantitative estimate of drug-likeness (QED) is 0.383. The Labute approximate surface area is 144 Å². The van der Waals surface area contributed by atoms with E-state index in [-0.39, 0.29) is 30.3 Å². The van der Waals surface area contributed by atoms with E-state index in [4.69, 9.17) is 15.2 Å². The Morgan fingerprint density at radius 2 is 1.80 bits per heavy atom. The highest BCUT2D eigenvalue weighted by Crippen LogP contribution is 2.25. The van der Waals surface area contributed by atoms with Crippen LogP contribution in [0.4, 0.5) is 4.39 Å². The van der Waals surface area contributed by atoms with Crippen LogP contribution in [0.15, 0.2) is 42.5 Å². The maximum atomic E-state index is 12.7. The van der Waals surface area contributed by atoms with Gasteiger partial charge in [-0.15, -0.1) is 0 Å². The molecule has 0 saturated carbocycles. The van der Waals surface area contributed by atoms with Gasteiger partial charge >= 0.3 is 5.97 Å². The molecule has 0 bridgehead atoms. The van der Waals surface area contributed by atoms with Crippen LogP contribution in [0.2, 0.25) is 0 Å². The number of phenolic OH excluding ortho intramolecular Hbond substituents is 2. The Bertz CT molecular complexity index is 705. The number of ether oxygens (including phenoxy) is 2. The van der Waals surface area contributed by atoms with Crippen molar-refractivity contribution in [2.24, 2.45) is 5.73 Å². The molecule has 1 atom stereocenters. The summed E-state index contributed by atoms with van der Waals surface area (Å²) in [7, 11) is 0. The molecule has 2 rings (SSSR count). The third-order valence-corrected chi connectivity index (χ3v) is 3.41. The SMILES string of the molecule is N[C@@H](Cc1ccc(O)c(O)c1)C(=O)OCCCOc1ccc(F)cc1. The molecule has 134 valence electrons. The van der Waals surface area contributed by atoms with E-state index in [9.17, 15) is 19.4 Å². The summed E-state index contributed by atoms with van der Waals surface area (Å²) in [5, 5.41) is 18.7. The Morgan fingerprint density at radius 3 is 2.48 bits per heavy atom. The van der Waals surface area contributed by atoms with E-state index in [0.717, 1.165) is 0 Å². The molecule has 25 heavy (non-hydrogen) atoms. The first kappa shape index (κ1) is 18.5. The lowest BCUT2D eigenvalue weighted by Crippen LogP contribution is -2.34. The molecular formula is C18H20FNO5. The number of esters is 1. The van der Waals surface area contributed by atoms with Crippen molar-refractivity contribution in [3.63, 3.8) is 0 Å². The summed E-state index contributed by atoms with van der Waals surface area (Å²) in [6, 6.07) is 9.01. The highest BCUT2D eigenvalue weighted by molar-refractivity contribution is 5.75. The maximum absolute atomic E-state index is 12.7. The molecule has 4 N–H and O–H groups in total. The lowest BCUT2D eigenvalue weighted by atomic mass is 10.1. The van der Waals surface area contributed by atoms with E-state index in [2.05, 4.69) is 0 Å². The van der Waals surface area contributed by atoms with E-state index in [1.807, 2.05) is 0 Å². The molecule has 0 fully saturated rings. The molecule has 2 aromatic rings. The molecule has 6 nitrogen and oxygen atoms in total. The van der Waals surface area contributed by atoms with Gasteiger partial charge in [0.1, 0.15) is 17.6 Å². The van der Waals surface area contributed by atoms with Gasteiger partial charge < -0.3 is 25.4 Å². The monoisotopic (exact) mass is 349 g/mol. The van der Waals surface area contributed by atoms with Gasteiger partial charge in [-0.25, -0.2) is 4.39 Å². The van der Waals surface area contributed by atoms with Crippen LogP contribution in [0.3, 0.4) is 0 Å². The number of hydrogen-bond donors (Lipinski definition) is 3. The van der Waals surface area contributed by atoms with Crippen LogP contribution in [0, 0.1) is 5.82 Å². The molecule has 0 aliphatic carbocycles. The van der Waals surface area contributed by atoms with Crippen LogP contribution in [0.25, 0.3) is 0 Å². The molecular weight excluding hydrogens is 329 g/mol. The number of rotatable bonds is 8. The summed E-state index contributed by atoms with van der Waals surface area (Å²) < 4.78 is 23.2. The number of phenols is 2. The minimum absolute atomic E-state index is 0.147. The Hall–Kier alpha value is -2.80. The number of halogens is 1. The summed E-state index contributed by atoms with van der Waals surface area (Å²) in [6.07, 6.45) is 0.647. The molecule has 0 aliphatic heterocycles. The van der Waals surface area contributed by atoms with Gasteiger partial charge in [-0.3, -0.25) is 4.79 Å². The summed E-state index contributed by atoms with van der Waals surface area (Å²) in [4.78, 5) is 11.8. The number of nitrogens with two attached hydrogens (primary N) is 1. The number of benzene rings is 2. The minimum Gasteiger partial charge on any atom is -0.504 e. The highest BCUT2D eigenvalue weighted by atomic mass is 19.1. The third kappa shape index (κ3) is 5.96. The number of carbonyl (C=O) groups excluding carboxylic acids is 1. The van der Waals surface area contributed by atoms with E-state index >= 15 is 0 Å². The highest BCUT2D eigenvalue weighted by Gasteiger charge is 2.16. The van der Waals surface area contributed by atoms with Gasteiger partial charge in [-0.2, -0.15) is 0 Å². The average Bonchev–Trinajstić information content (AvgIpc) is 2.59. The zero-order valence-electron chi connectivity index (χ0n) is 13.5. The molecule has 0 saturated heterocycles. The number of carbonyl (C=O) groups is 1. The topological polar surface area (TPSA) is 102 Å². The van der Waals surface area contributed by atoms with Crippen molar-refractivity contribution in [3.8, 4) is 17.2 Å². The fourth-order valence-corrected chi connectivity index (χ4v) is 2.09. The van der Waals surface area contributed by atoms with Gasteiger partial charge in [-0.05, 0) is 48.4 Å². The first-order valence-corrected chi connectivity index (χ1v) is 7.77. The van der Waals surface area contributed by atoms with Crippen molar-refractivity contribution in [1.29, 1.82) is 0 Å². The Kier molecular flexibility index (Phi) is 6.59. The number of aromatic hydroxyl groups is 2. The van der Waals surface area contributed by atoms with Crippen LogP contribution < -0.4 is 10.5 Å². The van der Waals surface area contributed by atoms with Crippen molar-refractivity contribution in [2.75, 3.05) is 13.2 Å². The van der Waals surface area contributed by atoms with Crippen LogP contribution >= 0.6 is 0 Å². The second-order valence-electron chi connectivity index (χ2n) is 5.46. The van der Waals surface area contributed by atoms with Gasteiger partial charge in [0.25, 0.3) is 0 Å². The van der Waals surface area contributed by atoms with Crippen molar-refractivity contribution in [3.05, 3.63) is 53.8 Å². The Balaban J connectivity index is 1.67. The lowest BCUT2D eigenvalue weighted by molar-refractivity contribution is -0.145. The van der Waals surface area contributed by atoms with Crippen LogP contribution in [-0.2, 0) is 16.0 Å². The fraction of sp³-hybridized carbons (Fsp3) is 0.278. The lowest BCUT2D eigenvalue weighted by Gasteiger charge is -2.12. The predicted molar refractivity (Wildman–Crippen MR) is 88.9 cm³/mol. The summed E-state index contributed by atoms with van der Waals surface area (Å²) in [5.41, 5.74) is 6.38. The third-order valence-electron chi connectivity index (χ3n) is 3.41. The molecule has 0 spiro atoms. The van der Waals surface area contributed by atoms with Gasteiger partial charge in [0.15, 0.2) is 11.5 Å². The second kappa shape index (κ2) is 8.89. The van der Waals surface area contributed by atoms with E-state index in [0.29, 0.717) is 24.3 Å². The fourth-order valence-electron chi connectivity index (χ4n) is 2.09.